The van der Waals surface area contributed by atoms with Crippen LogP contribution in [0.25, 0.3) is 10.2 Å². The van der Waals surface area contributed by atoms with E-state index in [0.717, 1.165) is 70.6 Å². The zero-order chi connectivity index (χ0) is 20.4. The minimum Gasteiger partial charge on any atom is -0.481 e. The van der Waals surface area contributed by atoms with Gasteiger partial charge in [-0.05, 0) is 47.9 Å². The molecule has 8 heteroatoms. The number of hydrogen-bond acceptors (Lipinski definition) is 5. The van der Waals surface area contributed by atoms with Gasteiger partial charge in [-0.25, -0.2) is 4.98 Å². The Morgan fingerprint density at radius 2 is 1.86 bits per heavy atom. The molecule has 1 N–H and O–H groups in total. The Morgan fingerprint density at radius 1 is 1.03 bits per heavy atom. The first kappa shape index (κ1) is 20.4. The molecule has 5 nitrogen and oxygen atoms in total. The summed E-state index contributed by atoms with van der Waals surface area (Å²) in [5.74, 6) is -0.847. The van der Waals surface area contributed by atoms with E-state index in [-0.39, 0.29) is 6.42 Å². The number of carbonyl (C=O) groups is 1. The van der Waals surface area contributed by atoms with Crippen LogP contribution in [-0.2, 0) is 17.8 Å². The summed E-state index contributed by atoms with van der Waals surface area (Å²) in [5, 5.41) is 11.4. The van der Waals surface area contributed by atoms with Gasteiger partial charge in [0, 0.05) is 42.8 Å². The molecule has 2 aromatic carbocycles. The molecule has 0 atom stereocenters. The summed E-state index contributed by atoms with van der Waals surface area (Å²) in [6.07, 6.45) is 1.03. The number of aromatic nitrogens is 1. The number of fused-ring (bicyclic) bond motifs is 1. The van der Waals surface area contributed by atoms with E-state index in [1.165, 1.54) is 0 Å². The van der Waals surface area contributed by atoms with E-state index < -0.39 is 5.97 Å². The number of carboxylic acids is 1. The third-order valence-corrected chi connectivity index (χ3v) is 6.51. The molecule has 0 unspecified atom stereocenters. The Morgan fingerprint density at radius 3 is 2.69 bits per heavy atom. The summed E-state index contributed by atoms with van der Waals surface area (Å²) in [6.45, 7) is 4.52. The maximum atomic E-state index is 11.0. The number of carboxylic acid groups (broad SMARTS) is 1. The molecule has 0 amide bonds. The molecule has 1 aromatic heterocycles. The summed E-state index contributed by atoms with van der Waals surface area (Å²) in [4.78, 5) is 20.5. The molecule has 1 aliphatic heterocycles. The Balaban J connectivity index is 1.43. The second-order valence-corrected chi connectivity index (χ2v) is 9.15. The zero-order valence-electron chi connectivity index (χ0n) is 15.8. The van der Waals surface area contributed by atoms with Crippen molar-refractivity contribution >= 4 is 55.9 Å². The smallest absolute Gasteiger partial charge is 0.307 e. The lowest BCUT2D eigenvalue weighted by atomic mass is 10.1. The number of rotatable bonds is 5. The predicted octanol–water partition coefficient (Wildman–Crippen LogP) is 4.94. The Bertz CT molecular complexity index is 1040. The van der Waals surface area contributed by atoms with E-state index in [1.807, 2.05) is 30.3 Å². The molecular formula is C21H21Cl2N3O2S. The van der Waals surface area contributed by atoms with Gasteiger partial charge >= 0.3 is 5.97 Å². The van der Waals surface area contributed by atoms with Gasteiger partial charge in [0.2, 0.25) is 0 Å². The van der Waals surface area contributed by atoms with E-state index in [4.69, 9.17) is 33.3 Å². The van der Waals surface area contributed by atoms with Gasteiger partial charge < -0.3 is 10.0 Å². The summed E-state index contributed by atoms with van der Waals surface area (Å²) >= 11 is 14.0. The summed E-state index contributed by atoms with van der Waals surface area (Å²) in [7, 11) is 0. The van der Waals surface area contributed by atoms with Gasteiger partial charge in [-0.1, -0.05) is 40.6 Å². The Labute approximate surface area is 183 Å². The lowest BCUT2D eigenvalue weighted by molar-refractivity contribution is -0.136. The average molecular weight is 450 g/mol. The largest absolute Gasteiger partial charge is 0.481 e. The average Bonchev–Trinajstić information content (AvgIpc) is 2.92. The molecule has 1 saturated heterocycles. The van der Waals surface area contributed by atoms with Gasteiger partial charge in [-0.2, -0.15) is 0 Å². The first-order valence-electron chi connectivity index (χ1n) is 9.50. The van der Waals surface area contributed by atoms with Gasteiger partial charge in [0.15, 0.2) is 5.13 Å². The number of benzene rings is 2. The fraction of sp³-hybridized carbons (Fsp3) is 0.333. The van der Waals surface area contributed by atoms with Crippen molar-refractivity contribution in [1.29, 1.82) is 0 Å². The van der Waals surface area contributed by atoms with E-state index in [1.54, 1.807) is 17.4 Å². The minimum absolute atomic E-state index is 0.0110. The second-order valence-electron chi connectivity index (χ2n) is 7.26. The van der Waals surface area contributed by atoms with Gasteiger partial charge in [0.25, 0.3) is 0 Å². The number of anilines is 1. The maximum Gasteiger partial charge on any atom is 0.307 e. The van der Waals surface area contributed by atoms with Crippen LogP contribution in [0.2, 0.25) is 10.0 Å². The third kappa shape index (κ3) is 5.20. The predicted molar refractivity (Wildman–Crippen MR) is 120 cm³/mol. The van der Waals surface area contributed by atoms with Crippen LogP contribution in [0.5, 0.6) is 0 Å². The topological polar surface area (TPSA) is 56.7 Å². The maximum absolute atomic E-state index is 11.0. The van der Waals surface area contributed by atoms with E-state index in [2.05, 4.69) is 9.80 Å². The van der Waals surface area contributed by atoms with Crippen LogP contribution in [0, 0.1) is 0 Å². The molecule has 3 aromatic rings. The third-order valence-electron chi connectivity index (χ3n) is 4.98. The molecule has 1 fully saturated rings. The van der Waals surface area contributed by atoms with Gasteiger partial charge in [0.1, 0.15) is 0 Å². The monoisotopic (exact) mass is 449 g/mol. The molecule has 4 rings (SSSR count). The molecule has 2 heterocycles. The van der Waals surface area contributed by atoms with Crippen molar-refractivity contribution in [3.05, 3.63) is 57.6 Å². The molecule has 0 radical (unpaired) electrons. The molecular weight excluding hydrogens is 429 g/mol. The Hall–Kier alpha value is -1.86. The van der Waals surface area contributed by atoms with E-state index >= 15 is 0 Å². The van der Waals surface area contributed by atoms with Crippen molar-refractivity contribution in [2.75, 3.05) is 31.1 Å². The summed E-state index contributed by atoms with van der Waals surface area (Å²) in [6, 6.07) is 11.4. The summed E-state index contributed by atoms with van der Waals surface area (Å²) in [5.41, 5.74) is 2.78. The highest BCUT2D eigenvalue weighted by Gasteiger charge is 2.18. The first-order valence-corrected chi connectivity index (χ1v) is 11.1. The highest BCUT2D eigenvalue weighted by atomic mass is 35.5. The minimum atomic E-state index is -0.847. The molecule has 29 heavy (non-hydrogen) atoms. The normalized spacial score (nSPS) is 15.6. The van der Waals surface area contributed by atoms with Crippen molar-refractivity contribution in [1.82, 2.24) is 9.88 Å². The van der Waals surface area contributed by atoms with E-state index in [9.17, 15) is 4.79 Å². The zero-order valence-corrected chi connectivity index (χ0v) is 18.1. The first-order chi connectivity index (χ1) is 14.0. The SMILES string of the molecule is O=C(O)Cc1cc(Cl)cc(CN2CCCN(c3nc4ccc(Cl)cc4s3)CC2)c1. The van der Waals surface area contributed by atoms with Crippen molar-refractivity contribution in [3.8, 4) is 0 Å². The van der Waals surface area contributed by atoms with Crippen molar-refractivity contribution < 1.29 is 9.90 Å². The second kappa shape index (κ2) is 8.88. The van der Waals surface area contributed by atoms with Gasteiger partial charge in [0.05, 0.1) is 16.6 Å². The Kier molecular flexibility index (Phi) is 6.25. The molecule has 152 valence electrons. The van der Waals surface area contributed by atoms with Crippen LogP contribution in [0.1, 0.15) is 17.5 Å². The van der Waals surface area contributed by atoms with E-state index in [0.29, 0.717) is 5.02 Å². The fourth-order valence-electron chi connectivity index (χ4n) is 3.69. The number of halogens is 2. The highest BCUT2D eigenvalue weighted by molar-refractivity contribution is 7.22. The molecule has 0 spiro atoms. The van der Waals surface area contributed by atoms with Gasteiger partial charge in [-0.3, -0.25) is 9.69 Å². The van der Waals surface area contributed by atoms with Crippen LogP contribution in [0.4, 0.5) is 5.13 Å². The molecule has 0 saturated carbocycles. The number of thiazole rings is 1. The van der Waals surface area contributed by atoms with Crippen LogP contribution < -0.4 is 4.90 Å². The van der Waals surface area contributed by atoms with Crippen molar-refractivity contribution in [2.45, 2.75) is 19.4 Å². The highest BCUT2D eigenvalue weighted by Crippen LogP contribution is 2.31. The lowest BCUT2D eigenvalue weighted by Crippen LogP contribution is -2.30. The van der Waals surface area contributed by atoms with Gasteiger partial charge in [-0.15, -0.1) is 0 Å². The molecule has 0 bridgehead atoms. The standard InChI is InChI=1S/C21H21Cl2N3O2S/c22-16-2-3-18-19(12-16)29-21(24-18)26-5-1-4-25(6-7-26)13-15-8-14(11-20(27)28)9-17(23)10-15/h2-3,8-10,12H,1,4-7,11,13H2,(H,27,28). The van der Waals surface area contributed by atoms with Crippen LogP contribution in [-0.4, -0.2) is 47.1 Å². The molecule has 0 aliphatic carbocycles. The molecule has 1 aliphatic rings. The van der Waals surface area contributed by atoms with Crippen LogP contribution in [0.15, 0.2) is 36.4 Å². The van der Waals surface area contributed by atoms with Crippen LogP contribution >= 0.6 is 34.5 Å². The quantitative estimate of drug-likeness (QED) is 0.597. The number of nitrogens with zero attached hydrogens (tertiary/aromatic N) is 3. The van der Waals surface area contributed by atoms with Crippen molar-refractivity contribution in [2.24, 2.45) is 0 Å². The summed E-state index contributed by atoms with van der Waals surface area (Å²) < 4.78 is 1.11. The fourth-order valence-corrected chi connectivity index (χ4v) is 5.26. The number of hydrogen-bond donors (Lipinski definition) is 1. The van der Waals surface area contributed by atoms with Crippen molar-refractivity contribution in [3.63, 3.8) is 0 Å². The lowest BCUT2D eigenvalue weighted by Gasteiger charge is -2.21. The number of aliphatic carboxylic acids is 1. The van der Waals surface area contributed by atoms with Crippen LogP contribution in [0.3, 0.4) is 0 Å².